The molecule has 232 valence electrons. The van der Waals surface area contributed by atoms with Crippen molar-refractivity contribution in [2.75, 3.05) is 46.0 Å². The van der Waals surface area contributed by atoms with Crippen molar-refractivity contribution in [3.05, 3.63) is 45.1 Å². The van der Waals surface area contributed by atoms with E-state index in [2.05, 4.69) is 20.5 Å². The van der Waals surface area contributed by atoms with E-state index < -0.39 is 54.5 Å². The molecule has 1 aliphatic carbocycles. The lowest BCUT2D eigenvalue weighted by Crippen LogP contribution is -2.65. The number of hydrogen-bond acceptors (Lipinski definition) is 12. The number of benzene rings is 2. The number of aliphatic hydroxyl groups is 3. The summed E-state index contributed by atoms with van der Waals surface area (Å²) in [6.45, 7) is 4.90. The van der Waals surface area contributed by atoms with Gasteiger partial charge >= 0.3 is 0 Å². The minimum atomic E-state index is -1.52. The highest BCUT2D eigenvalue weighted by Crippen LogP contribution is 2.35. The summed E-state index contributed by atoms with van der Waals surface area (Å²) in [6.07, 6.45) is -4.83. The zero-order chi connectivity index (χ0) is 30.7. The van der Waals surface area contributed by atoms with Crippen LogP contribution in [0.2, 0.25) is 5.02 Å². The van der Waals surface area contributed by atoms with E-state index in [1.165, 1.54) is 31.2 Å². The van der Waals surface area contributed by atoms with Crippen LogP contribution in [0.5, 0.6) is 5.75 Å². The van der Waals surface area contributed by atoms with Crippen LogP contribution in [0.15, 0.2) is 33.5 Å². The third kappa shape index (κ3) is 7.07. The minimum Gasteiger partial charge on any atom is -0.461 e. The van der Waals surface area contributed by atoms with Crippen LogP contribution in [0.25, 0.3) is 22.6 Å². The predicted molar refractivity (Wildman–Crippen MR) is 152 cm³/mol. The molecule has 1 aromatic carbocycles. The fourth-order valence-electron chi connectivity index (χ4n) is 5.09. The van der Waals surface area contributed by atoms with E-state index in [0.29, 0.717) is 19.8 Å². The summed E-state index contributed by atoms with van der Waals surface area (Å²) in [5.74, 6) is -0.904. The van der Waals surface area contributed by atoms with E-state index in [-0.39, 0.29) is 38.9 Å². The highest BCUT2D eigenvalue weighted by molar-refractivity contribution is 6.32. The summed E-state index contributed by atoms with van der Waals surface area (Å²) >= 11 is 6.49. The first-order valence-electron chi connectivity index (χ1n) is 13.9. The van der Waals surface area contributed by atoms with E-state index in [1.807, 2.05) is 0 Å². The van der Waals surface area contributed by atoms with Crippen LogP contribution in [0, 0.1) is 0 Å². The Morgan fingerprint density at radius 1 is 1.16 bits per heavy atom. The van der Waals surface area contributed by atoms with Gasteiger partial charge in [0, 0.05) is 44.8 Å². The first-order chi connectivity index (χ1) is 20.6. The van der Waals surface area contributed by atoms with Gasteiger partial charge in [0.2, 0.25) is 12.2 Å². The van der Waals surface area contributed by atoms with Gasteiger partial charge in [0.15, 0.2) is 16.8 Å². The number of amides is 2. The average molecular weight is 621 g/mol. The van der Waals surface area contributed by atoms with Gasteiger partial charge in [-0.3, -0.25) is 19.3 Å². The van der Waals surface area contributed by atoms with Crippen molar-refractivity contribution in [3.63, 3.8) is 0 Å². The van der Waals surface area contributed by atoms with Crippen LogP contribution in [-0.4, -0.2) is 114 Å². The van der Waals surface area contributed by atoms with Gasteiger partial charge < -0.3 is 44.6 Å². The summed E-state index contributed by atoms with van der Waals surface area (Å²) in [4.78, 5) is 44.0. The number of nitrogens with one attached hydrogen (secondary N) is 2. The van der Waals surface area contributed by atoms with Crippen LogP contribution in [0.1, 0.15) is 23.7 Å². The first-order valence-corrected chi connectivity index (χ1v) is 14.2. The van der Waals surface area contributed by atoms with Crippen molar-refractivity contribution in [2.45, 2.75) is 44.0 Å². The van der Waals surface area contributed by atoms with E-state index in [4.69, 9.17) is 30.2 Å². The van der Waals surface area contributed by atoms with Crippen LogP contribution in [-0.2, 0) is 14.3 Å². The van der Waals surface area contributed by atoms with Crippen LogP contribution in [0.4, 0.5) is 0 Å². The number of aromatic nitrogens is 1. The van der Waals surface area contributed by atoms with Crippen molar-refractivity contribution in [2.24, 2.45) is 0 Å². The molecule has 2 amide bonds. The van der Waals surface area contributed by atoms with Crippen molar-refractivity contribution in [1.29, 1.82) is 0 Å². The van der Waals surface area contributed by atoms with E-state index in [0.717, 1.165) is 26.1 Å². The monoisotopic (exact) mass is 620 g/mol. The molecule has 0 spiro atoms. The molecule has 5 rings (SSSR count). The van der Waals surface area contributed by atoms with Gasteiger partial charge in [-0.15, -0.1) is 0 Å². The zero-order valence-corrected chi connectivity index (χ0v) is 24.1. The Bertz CT molecular complexity index is 1500. The molecule has 3 aliphatic heterocycles. The molecule has 43 heavy (non-hydrogen) atoms. The van der Waals surface area contributed by atoms with Gasteiger partial charge in [0.25, 0.3) is 5.91 Å². The second-order valence-corrected chi connectivity index (χ2v) is 10.8. The van der Waals surface area contributed by atoms with Crippen LogP contribution < -0.4 is 20.8 Å². The van der Waals surface area contributed by atoms with Crippen molar-refractivity contribution >= 4 is 34.5 Å². The van der Waals surface area contributed by atoms with Gasteiger partial charge in [0.05, 0.1) is 30.4 Å². The lowest BCUT2D eigenvalue weighted by molar-refractivity contribution is -0.244. The minimum absolute atomic E-state index is 0.0104. The largest absolute Gasteiger partial charge is 0.461 e. The SMILES string of the molecule is CC(=O)NC1C(O)[C@@H](O)C(CO)O[C@H]1Oc1cc2oc3cc(=O)cc(C(=O)NCCCN4CCOCC4)c-3nc2cc1Cl. The van der Waals surface area contributed by atoms with E-state index in [1.54, 1.807) is 0 Å². The summed E-state index contributed by atoms with van der Waals surface area (Å²) < 4.78 is 22.8. The standard InChI is InChI=1S/C28H33ClN4O10/c1-14(35)31-24-26(38)25(37)22(13-34)43-28(24)42-19-12-20-18(11-17(19)29)32-23-16(9-15(36)10-21(23)41-20)27(39)30-3-2-4-33-5-7-40-8-6-33/h9-12,22,24-26,28,34,37-38H,2-8,13H2,1H3,(H,30,39)(H,31,35)/t22?,24?,25-,26?,28+/m0/s1. The molecule has 1 aromatic rings. The molecule has 4 aliphatic rings. The third-order valence-electron chi connectivity index (χ3n) is 7.29. The average Bonchev–Trinajstić information content (AvgIpc) is 2.98. The lowest BCUT2D eigenvalue weighted by atomic mass is 9.97. The number of ether oxygens (including phenoxy) is 3. The quantitative estimate of drug-likeness (QED) is 0.155. The van der Waals surface area contributed by atoms with Gasteiger partial charge in [-0.1, -0.05) is 11.6 Å². The summed E-state index contributed by atoms with van der Waals surface area (Å²) in [7, 11) is 0. The molecule has 5 N–H and O–H groups in total. The number of rotatable bonds is 9. The molecule has 15 heteroatoms. The second-order valence-electron chi connectivity index (χ2n) is 10.4. The molecule has 3 unspecified atom stereocenters. The maximum absolute atomic E-state index is 13.0. The summed E-state index contributed by atoms with van der Waals surface area (Å²) in [5, 5.41) is 35.7. The fraction of sp³-hybridized carbons (Fsp3) is 0.500. The van der Waals surface area contributed by atoms with Crippen molar-refractivity contribution < 1.29 is 43.5 Å². The molecule has 0 radical (unpaired) electrons. The Labute approximate surface area is 250 Å². The summed E-state index contributed by atoms with van der Waals surface area (Å²) in [6, 6.07) is 4.02. The molecule has 14 nitrogen and oxygen atoms in total. The normalized spacial score (nSPS) is 24.6. The molecule has 0 saturated carbocycles. The molecule has 5 atom stereocenters. The molecule has 2 fully saturated rings. The van der Waals surface area contributed by atoms with Gasteiger partial charge in [-0.2, -0.15) is 0 Å². The molecule has 0 bridgehead atoms. The van der Waals surface area contributed by atoms with Gasteiger partial charge in [-0.25, -0.2) is 4.98 Å². The zero-order valence-electron chi connectivity index (χ0n) is 23.3. The molecule has 2 saturated heterocycles. The third-order valence-corrected chi connectivity index (χ3v) is 7.59. The molecule has 3 heterocycles. The van der Waals surface area contributed by atoms with Gasteiger partial charge in [0.1, 0.15) is 41.3 Å². The number of aliphatic hydroxyl groups excluding tert-OH is 3. The van der Waals surface area contributed by atoms with Gasteiger partial charge in [-0.05, 0) is 19.0 Å². The van der Waals surface area contributed by atoms with Crippen molar-refractivity contribution in [3.8, 4) is 17.2 Å². The van der Waals surface area contributed by atoms with E-state index >= 15 is 0 Å². The smallest absolute Gasteiger partial charge is 0.253 e. The molecule has 0 aromatic heterocycles. The summed E-state index contributed by atoms with van der Waals surface area (Å²) in [5.41, 5.74) is 0.203. The van der Waals surface area contributed by atoms with Crippen molar-refractivity contribution in [1.82, 2.24) is 20.5 Å². The van der Waals surface area contributed by atoms with Crippen LogP contribution in [0.3, 0.4) is 0 Å². The van der Waals surface area contributed by atoms with Crippen LogP contribution >= 0.6 is 11.6 Å². The van der Waals surface area contributed by atoms with E-state index in [9.17, 15) is 29.7 Å². The lowest BCUT2D eigenvalue weighted by Gasteiger charge is -2.42. The Hall–Kier alpha value is -3.37. The Morgan fingerprint density at radius 2 is 1.93 bits per heavy atom. The number of carbonyl (C=O) groups excluding carboxylic acids is 2. The number of carbonyl (C=O) groups is 2. The Balaban J connectivity index is 1.38. The predicted octanol–water partition coefficient (Wildman–Crippen LogP) is -0.279. The number of hydrogen-bond donors (Lipinski definition) is 5. The number of halogens is 1. The number of morpholine rings is 1. The topological polar surface area (TPSA) is 193 Å². The fourth-order valence-corrected chi connectivity index (χ4v) is 5.29. The number of nitrogens with zero attached hydrogens (tertiary/aromatic N) is 2. The molecular formula is C28H33ClN4O10. The molecular weight excluding hydrogens is 588 g/mol. The number of fused-ring (bicyclic) bond motifs is 2. The Morgan fingerprint density at radius 3 is 2.65 bits per heavy atom. The maximum Gasteiger partial charge on any atom is 0.253 e. The first kappa shape index (κ1) is 31.1. The Kier molecular flexibility index (Phi) is 9.76. The highest BCUT2D eigenvalue weighted by Gasteiger charge is 2.46. The maximum atomic E-state index is 13.0. The second kappa shape index (κ2) is 13.5. The highest BCUT2D eigenvalue weighted by atomic mass is 35.5.